The van der Waals surface area contributed by atoms with Crippen molar-refractivity contribution in [3.63, 3.8) is 0 Å². The van der Waals surface area contributed by atoms with E-state index in [0.717, 1.165) is 36.9 Å². The van der Waals surface area contributed by atoms with Gasteiger partial charge >= 0.3 is 0 Å². The minimum absolute atomic E-state index is 0.0725. The maximum absolute atomic E-state index is 13.3. The highest BCUT2D eigenvalue weighted by atomic mass is 32.2. The number of aromatic nitrogens is 2. The minimum atomic E-state index is -3.69. The summed E-state index contributed by atoms with van der Waals surface area (Å²) < 4.78 is 41.4. The Bertz CT molecular complexity index is 847. The number of aromatic amines is 1. The average Bonchev–Trinajstić information content (AvgIpc) is 3.06. The number of sulfonamides is 1. The molecule has 2 heterocycles. The van der Waals surface area contributed by atoms with Gasteiger partial charge in [0.2, 0.25) is 10.0 Å². The molecule has 0 bridgehead atoms. The van der Waals surface area contributed by atoms with Crippen LogP contribution in [0.15, 0.2) is 35.4 Å². The summed E-state index contributed by atoms with van der Waals surface area (Å²) in [6.45, 7) is 1.90. The number of hydrogen-bond donors (Lipinski definition) is 1. The van der Waals surface area contributed by atoms with Crippen LogP contribution in [0.2, 0.25) is 0 Å². The molecule has 1 N–H and O–H groups in total. The first kappa shape index (κ1) is 15.8. The maximum atomic E-state index is 13.3. The Morgan fingerprint density at radius 3 is 2.67 bits per heavy atom. The first-order valence-corrected chi connectivity index (χ1v) is 9.76. The van der Waals surface area contributed by atoms with Crippen LogP contribution in [0.1, 0.15) is 55.8 Å². The zero-order chi connectivity index (χ0) is 16.9. The lowest BCUT2D eigenvalue weighted by molar-refractivity contribution is 0.165. The highest BCUT2D eigenvalue weighted by Crippen LogP contribution is 2.47. The van der Waals surface area contributed by atoms with Gasteiger partial charge in [0.25, 0.3) is 0 Å². The van der Waals surface area contributed by atoms with Crippen molar-refractivity contribution in [2.24, 2.45) is 0 Å². The normalized spacial score (nSPS) is 27.5. The molecule has 1 aliphatic carbocycles. The van der Waals surface area contributed by atoms with E-state index in [1.54, 1.807) is 10.5 Å². The van der Waals surface area contributed by atoms with Crippen LogP contribution >= 0.6 is 0 Å². The zero-order valence-electron chi connectivity index (χ0n) is 13.4. The predicted octanol–water partition coefficient (Wildman–Crippen LogP) is 3.34. The number of fused-ring (bicyclic) bond motifs is 3. The lowest BCUT2D eigenvalue weighted by Crippen LogP contribution is -2.49. The second-order valence-corrected chi connectivity index (χ2v) is 8.51. The molecule has 1 aliphatic heterocycles. The van der Waals surface area contributed by atoms with Crippen LogP contribution in [-0.2, 0) is 10.0 Å². The van der Waals surface area contributed by atoms with Gasteiger partial charge in [-0.15, -0.1) is 0 Å². The van der Waals surface area contributed by atoms with Gasteiger partial charge in [-0.1, -0.05) is 12.8 Å². The van der Waals surface area contributed by atoms with Crippen molar-refractivity contribution in [3.8, 4) is 0 Å². The molecule has 7 heteroatoms. The quantitative estimate of drug-likeness (QED) is 0.904. The van der Waals surface area contributed by atoms with Crippen molar-refractivity contribution in [2.45, 2.75) is 55.5 Å². The largest absolute Gasteiger partial charge is 0.282 e. The second-order valence-electron chi connectivity index (χ2n) is 6.66. The van der Waals surface area contributed by atoms with Crippen molar-refractivity contribution in [1.29, 1.82) is 0 Å². The molecule has 4 rings (SSSR count). The van der Waals surface area contributed by atoms with E-state index in [1.165, 1.54) is 24.3 Å². The van der Waals surface area contributed by atoms with Crippen molar-refractivity contribution in [3.05, 3.63) is 47.5 Å². The summed E-state index contributed by atoms with van der Waals surface area (Å²) >= 11 is 0. The number of rotatable bonds is 2. The first-order valence-electron chi connectivity index (χ1n) is 8.32. The van der Waals surface area contributed by atoms with Crippen molar-refractivity contribution >= 4 is 10.0 Å². The third-order valence-electron chi connectivity index (χ3n) is 5.35. The van der Waals surface area contributed by atoms with E-state index in [2.05, 4.69) is 10.2 Å². The molecule has 1 aromatic carbocycles. The Labute approximate surface area is 140 Å². The molecule has 24 heavy (non-hydrogen) atoms. The van der Waals surface area contributed by atoms with Crippen LogP contribution < -0.4 is 0 Å². The topological polar surface area (TPSA) is 66.1 Å². The van der Waals surface area contributed by atoms with Crippen molar-refractivity contribution in [2.75, 3.05) is 0 Å². The third kappa shape index (κ3) is 2.29. The molecule has 1 aromatic heterocycles. The van der Waals surface area contributed by atoms with Gasteiger partial charge in [-0.2, -0.15) is 9.40 Å². The van der Waals surface area contributed by atoms with E-state index in [9.17, 15) is 12.8 Å². The first-order chi connectivity index (χ1) is 11.5. The fraction of sp³-hybridized carbons (Fsp3) is 0.471. The standard InChI is InChI=1S/C17H20FN3O2S/c1-11-15-10-19-20-17(15)14-4-2-3-5-16(14)21(11)24(22,23)13-8-6-12(18)7-9-13/h6-11,14,16H,2-5H2,1H3,(H,19,20). The summed E-state index contributed by atoms with van der Waals surface area (Å²) in [5.74, 6) is -0.282. The third-order valence-corrected chi connectivity index (χ3v) is 7.36. The Kier molecular flexibility index (Phi) is 3.73. The molecule has 1 saturated carbocycles. The molecule has 0 saturated heterocycles. The lowest BCUT2D eigenvalue weighted by atomic mass is 9.77. The summed E-state index contributed by atoms with van der Waals surface area (Å²) in [6.07, 6.45) is 5.65. The molecule has 1 fully saturated rings. The maximum Gasteiger partial charge on any atom is 0.243 e. The molecule has 2 aromatic rings. The Morgan fingerprint density at radius 2 is 1.92 bits per heavy atom. The van der Waals surface area contributed by atoms with E-state index >= 15 is 0 Å². The highest BCUT2D eigenvalue weighted by molar-refractivity contribution is 7.89. The van der Waals surface area contributed by atoms with Gasteiger partial charge in [0, 0.05) is 23.2 Å². The summed E-state index contributed by atoms with van der Waals surface area (Å²) in [5, 5.41) is 7.24. The Morgan fingerprint density at radius 1 is 1.21 bits per heavy atom. The summed E-state index contributed by atoms with van der Waals surface area (Å²) in [4.78, 5) is 0.145. The van der Waals surface area contributed by atoms with Gasteiger partial charge in [0.15, 0.2) is 0 Å². The molecule has 0 spiro atoms. The van der Waals surface area contributed by atoms with Gasteiger partial charge in [0.05, 0.1) is 17.1 Å². The number of halogens is 1. The Balaban J connectivity index is 1.82. The summed E-state index contributed by atoms with van der Waals surface area (Å²) in [5.41, 5.74) is 2.03. The van der Waals surface area contributed by atoms with Gasteiger partial charge in [0.1, 0.15) is 5.82 Å². The number of nitrogens with one attached hydrogen (secondary N) is 1. The highest BCUT2D eigenvalue weighted by Gasteiger charge is 2.47. The predicted molar refractivity (Wildman–Crippen MR) is 87.4 cm³/mol. The smallest absolute Gasteiger partial charge is 0.243 e. The average molecular weight is 349 g/mol. The molecule has 5 nitrogen and oxygen atoms in total. The van der Waals surface area contributed by atoms with Crippen LogP contribution in [0.3, 0.4) is 0 Å². The molecule has 3 unspecified atom stereocenters. The summed E-state index contributed by atoms with van der Waals surface area (Å²) in [7, 11) is -3.69. The molecular formula is C17H20FN3O2S. The van der Waals surface area contributed by atoms with Gasteiger partial charge in [-0.05, 0) is 44.0 Å². The van der Waals surface area contributed by atoms with Crippen LogP contribution in [0, 0.1) is 5.82 Å². The second kappa shape index (κ2) is 5.67. The van der Waals surface area contributed by atoms with Gasteiger partial charge in [-0.3, -0.25) is 5.10 Å². The van der Waals surface area contributed by atoms with E-state index in [0.29, 0.717) is 0 Å². The molecule has 3 atom stereocenters. The number of benzene rings is 1. The van der Waals surface area contributed by atoms with Gasteiger partial charge in [-0.25, -0.2) is 12.8 Å². The van der Waals surface area contributed by atoms with E-state index in [-0.39, 0.29) is 22.9 Å². The molecule has 0 radical (unpaired) electrons. The van der Waals surface area contributed by atoms with E-state index < -0.39 is 15.8 Å². The fourth-order valence-electron chi connectivity index (χ4n) is 4.23. The molecule has 2 aliphatic rings. The molecular weight excluding hydrogens is 329 g/mol. The zero-order valence-corrected chi connectivity index (χ0v) is 14.3. The van der Waals surface area contributed by atoms with E-state index in [4.69, 9.17) is 0 Å². The monoisotopic (exact) mass is 349 g/mol. The molecule has 0 amide bonds. The van der Waals surface area contributed by atoms with Crippen molar-refractivity contribution in [1.82, 2.24) is 14.5 Å². The van der Waals surface area contributed by atoms with Crippen LogP contribution in [0.4, 0.5) is 4.39 Å². The number of nitrogens with zero attached hydrogens (tertiary/aromatic N) is 2. The van der Waals surface area contributed by atoms with Crippen LogP contribution in [0.5, 0.6) is 0 Å². The minimum Gasteiger partial charge on any atom is -0.282 e. The Hall–Kier alpha value is -1.73. The van der Waals surface area contributed by atoms with Crippen LogP contribution in [0.25, 0.3) is 0 Å². The van der Waals surface area contributed by atoms with E-state index in [1.807, 2.05) is 6.92 Å². The van der Waals surface area contributed by atoms with Crippen LogP contribution in [-0.4, -0.2) is 29.0 Å². The lowest BCUT2D eigenvalue weighted by Gasteiger charge is -2.45. The summed E-state index contributed by atoms with van der Waals surface area (Å²) in [6, 6.07) is 4.73. The van der Waals surface area contributed by atoms with Gasteiger partial charge < -0.3 is 0 Å². The fourth-order valence-corrected chi connectivity index (χ4v) is 6.09. The SMILES string of the molecule is CC1c2cn[nH]c2C2CCCCC2N1S(=O)(=O)c1ccc(F)cc1. The van der Waals surface area contributed by atoms with Crippen molar-refractivity contribution < 1.29 is 12.8 Å². The number of H-pyrrole nitrogens is 1. The number of hydrogen-bond acceptors (Lipinski definition) is 3. The molecule has 128 valence electrons.